The third-order valence-corrected chi connectivity index (χ3v) is 3.87. The van der Waals surface area contributed by atoms with E-state index in [1.54, 1.807) is 7.11 Å². The fraction of sp³-hybridized carbons (Fsp3) is 0.167. The molecule has 0 bridgehead atoms. The van der Waals surface area contributed by atoms with E-state index in [0.29, 0.717) is 11.5 Å². The molecule has 0 fully saturated rings. The fourth-order valence-corrected chi connectivity index (χ4v) is 2.73. The van der Waals surface area contributed by atoms with Crippen molar-refractivity contribution in [1.29, 1.82) is 0 Å². The summed E-state index contributed by atoms with van der Waals surface area (Å²) in [6, 6.07) is 13.6. The van der Waals surface area contributed by atoms with Crippen molar-refractivity contribution in [3.8, 4) is 5.75 Å². The average molecular weight is 314 g/mol. The van der Waals surface area contributed by atoms with E-state index in [-0.39, 0.29) is 5.91 Å². The van der Waals surface area contributed by atoms with E-state index in [1.165, 1.54) is 0 Å². The van der Waals surface area contributed by atoms with Crippen molar-refractivity contribution in [3.63, 3.8) is 0 Å². The van der Waals surface area contributed by atoms with Gasteiger partial charge in [0.15, 0.2) is 0 Å². The van der Waals surface area contributed by atoms with Crippen molar-refractivity contribution in [1.82, 2.24) is 0 Å². The van der Waals surface area contributed by atoms with E-state index in [4.69, 9.17) is 16.3 Å². The molecule has 0 unspecified atom stereocenters. The smallest absolute Gasteiger partial charge is 0.256 e. The molecule has 0 spiro atoms. The Balaban J connectivity index is 1.98. The van der Waals surface area contributed by atoms with E-state index < -0.39 is 0 Å². The first-order valence-electron chi connectivity index (χ1n) is 7.07. The Labute approximate surface area is 134 Å². The van der Waals surface area contributed by atoms with E-state index >= 15 is 0 Å². The van der Waals surface area contributed by atoms with Crippen LogP contribution in [0.25, 0.3) is 11.6 Å². The van der Waals surface area contributed by atoms with Gasteiger partial charge in [-0.2, -0.15) is 0 Å². The van der Waals surface area contributed by atoms with Gasteiger partial charge in [0.1, 0.15) is 5.75 Å². The Hall–Kier alpha value is -2.26. The van der Waals surface area contributed by atoms with Gasteiger partial charge in [0.2, 0.25) is 0 Å². The van der Waals surface area contributed by atoms with Crippen LogP contribution < -0.4 is 10.1 Å². The molecule has 0 aromatic heterocycles. The summed E-state index contributed by atoms with van der Waals surface area (Å²) in [5, 5.41) is 2.89. The molecule has 0 aliphatic carbocycles. The number of aryl methyl sites for hydroxylation is 1. The van der Waals surface area contributed by atoms with Gasteiger partial charge >= 0.3 is 0 Å². The van der Waals surface area contributed by atoms with Crippen LogP contribution in [0.15, 0.2) is 42.5 Å². The highest BCUT2D eigenvalue weighted by atomic mass is 35.5. The Kier molecular flexibility index (Phi) is 4.16. The van der Waals surface area contributed by atoms with Crippen molar-refractivity contribution in [2.45, 2.75) is 6.42 Å². The number of carbonyl (C=O) groups is 1. The number of rotatable bonds is 4. The monoisotopic (exact) mass is 313 g/mol. The lowest BCUT2D eigenvalue weighted by atomic mass is 10.0. The van der Waals surface area contributed by atoms with Crippen molar-refractivity contribution in [2.75, 3.05) is 18.3 Å². The lowest BCUT2D eigenvalue weighted by molar-refractivity contribution is -0.110. The summed E-state index contributed by atoms with van der Waals surface area (Å²) in [5.41, 5.74) is 4.55. The van der Waals surface area contributed by atoms with Crippen LogP contribution in [-0.2, 0) is 11.2 Å². The van der Waals surface area contributed by atoms with Crippen molar-refractivity contribution < 1.29 is 9.53 Å². The number of anilines is 1. The Morgan fingerprint density at radius 2 is 1.95 bits per heavy atom. The van der Waals surface area contributed by atoms with E-state index in [0.717, 1.165) is 34.5 Å². The molecule has 1 amide bonds. The lowest BCUT2D eigenvalue weighted by Gasteiger charge is -2.03. The molecule has 0 atom stereocenters. The molecule has 1 aliphatic rings. The van der Waals surface area contributed by atoms with Crippen LogP contribution in [-0.4, -0.2) is 18.9 Å². The SMILES string of the molecule is COc1ccc(C=C2C(=O)Nc3ccc(CCCl)cc32)cc1. The summed E-state index contributed by atoms with van der Waals surface area (Å²) in [4.78, 5) is 12.2. The van der Waals surface area contributed by atoms with Crippen LogP contribution in [0.3, 0.4) is 0 Å². The molecule has 1 N–H and O–H groups in total. The van der Waals surface area contributed by atoms with E-state index in [9.17, 15) is 4.79 Å². The minimum atomic E-state index is -0.0751. The van der Waals surface area contributed by atoms with Gasteiger partial charge in [0.05, 0.1) is 7.11 Å². The number of nitrogens with one attached hydrogen (secondary N) is 1. The largest absolute Gasteiger partial charge is 0.497 e. The maximum absolute atomic E-state index is 12.2. The highest BCUT2D eigenvalue weighted by Gasteiger charge is 2.24. The van der Waals surface area contributed by atoms with Crippen LogP contribution in [0.2, 0.25) is 0 Å². The molecule has 2 aromatic rings. The van der Waals surface area contributed by atoms with Gasteiger partial charge in [-0.15, -0.1) is 11.6 Å². The van der Waals surface area contributed by atoms with E-state index in [1.807, 2.05) is 48.5 Å². The molecule has 0 saturated carbocycles. The summed E-state index contributed by atoms with van der Waals surface area (Å²) in [5.74, 6) is 1.29. The maximum atomic E-state index is 12.2. The van der Waals surface area contributed by atoms with Crippen LogP contribution in [0.4, 0.5) is 5.69 Å². The molecule has 0 saturated heterocycles. The Morgan fingerprint density at radius 1 is 1.18 bits per heavy atom. The second-order valence-corrected chi connectivity index (χ2v) is 5.48. The van der Waals surface area contributed by atoms with E-state index in [2.05, 4.69) is 5.32 Å². The molecular weight excluding hydrogens is 298 g/mol. The number of ether oxygens (including phenoxy) is 1. The molecule has 1 aliphatic heterocycles. The molecule has 22 heavy (non-hydrogen) atoms. The van der Waals surface area contributed by atoms with Gasteiger partial charge in [-0.25, -0.2) is 0 Å². The molecule has 1 heterocycles. The number of methoxy groups -OCH3 is 1. The summed E-state index contributed by atoms with van der Waals surface area (Å²) >= 11 is 5.80. The topological polar surface area (TPSA) is 38.3 Å². The maximum Gasteiger partial charge on any atom is 0.256 e. The molecule has 3 nitrogen and oxygen atoms in total. The minimum Gasteiger partial charge on any atom is -0.497 e. The molecule has 0 radical (unpaired) electrons. The zero-order valence-electron chi connectivity index (χ0n) is 12.2. The van der Waals surface area contributed by atoms with Crippen molar-refractivity contribution >= 4 is 34.8 Å². The number of amides is 1. The zero-order chi connectivity index (χ0) is 15.5. The Bertz CT molecular complexity index is 735. The average Bonchev–Trinajstić information content (AvgIpc) is 2.84. The molecule has 4 heteroatoms. The van der Waals surface area contributed by atoms with Crippen LogP contribution in [0, 0.1) is 0 Å². The number of carbonyl (C=O) groups excluding carboxylic acids is 1. The number of halogens is 1. The molecule has 112 valence electrons. The summed E-state index contributed by atoms with van der Waals surface area (Å²) in [6.45, 7) is 0. The highest BCUT2D eigenvalue weighted by Crippen LogP contribution is 2.34. The predicted octanol–water partition coefficient (Wildman–Crippen LogP) is 3.97. The van der Waals surface area contributed by atoms with Gasteiger partial charge < -0.3 is 10.1 Å². The second-order valence-electron chi connectivity index (χ2n) is 5.10. The van der Waals surface area contributed by atoms with Gasteiger partial charge in [-0.1, -0.05) is 18.2 Å². The van der Waals surface area contributed by atoms with Crippen molar-refractivity contribution in [3.05, 3.63) is 59.2 Å². The number of hydrogen-bond donors (Lipinski definition) is 1. The van der Waals surface area contributed by atoms with Gasteiger partial charge in [-0.05, 0) is 47.9 Å². The van der Waals surface area contributed by atoms with Gasteiger partial charge in [0.25, 0.3) is 5.91 Å². The number of hydrogen-bond acceptors (Lipinski definition) is 2. The third-order valence-electron chi connectivity index (χ3n) is 3.68. The van der Waals surface area contributed by atoms with Crippen LogP contribution in [0.1, 0.15) is 16.7 Å². The first-order chi connectivity index (χ1) is 10.7. The first-order valence-corrected chi connectivity index (χ1v) is 7.61. The molecule has 3 rings (SSSR count). The standard InChI is InChI=1S/C18H16ClNO2/c1-22-14-5-2-12(3-6-14)11-16-15-10-13(8-9-19)4-7-17(15)20-18(16)21/h2-7,10-11H,8-9H2,1H3,(H,20,21). The summed E-state index contributed by atoms with van der Waals surface area (Å²) < 4.78 is 5.15. The van der Waals surface area contributed by atoms with Gasteiger partial charge in [-0.3, -0.25) is 4.79 Å². The quantitative estimate of drug-likeness (QED) is 0.685. The van der Waals surface area contributed by atoms with Crippen LogP contribution in [0.5, 0.6) is 5.75 Å². The summed E-state index contributed by atoms with van der Waals surface area (Å²) in [6.07, 6.45) is 2.68. The highest BCUT2D eigenvalue weighted by molar-refractivity contribution is 6.34. The number of benzene rings is 2. The molecular formula is C18H16ClNO2. The van der Waals surface area contributed by atoms with Crippen molar-refractivity contribution in [2.24, 2.45) is 0 Å². The minimum absolute atomic E-state index is 0.0751. The second kappa shape index (κ2) is 6.24. The third kappa shape index (κ3) is 2.85. The first kappa shape index (κ1) is 14.7. The zero-order valence-corrected chi connectivity index (χ0v) is 13.0. The fourth-order valence-electron chi connectivity index (χ4n) is 2.51. The lowest BCUT2D eigenvalue weighted by Crippen LogP contribution is -2.03. The number of fused-ring (bicyclic) bond motifs is 1. The normalized spacial score (nSPS) is 14.8. The summed E-state index contributed by atoms with van der Waals surface area (Å²) in [7, 11) is 1.63. The number of alkyl halides is 1. The molecule has 2 aromatic carbocycles. The Morgan fingerprint density at radius 3 is 2.64 bits per heavy atom. The predicted molar refractivity (Wildman–Crippen MR) is 90.4 cm³/mol. The van der Waals surface area contributed by atoms with Crippen LogP contribution >= 0.6 is 11.6 Å². The van der Waals surface area contributed by atoms with Gasteiger partial charge in [0, 0.05) is 22.7 Å².